The van der Waals surface area contributed by atoms with Gasteiger partial charge in [0.15, 0.2) is 5.13 Å². The number of urea groups is 1. The molecule has 3 N–H and O–H groups in total. The van der Waals surface area contributed by atoms with Crippen molar-refractivity contribution in [1.29, 1.82) is 0 Å². The number of aromatic nitrogens is 1. The summed E-state index contributed by atoms with van der Waals surface area (Å²) in [5.74, 6) is 0.0977. The van der Waals surface area contributed by atoms with Crippen molar-refractivity contribution in [3.63, 3.8) is 0 Å². The van der Waals surface area contributed by atoms with E-state index in [0.717, 1.165) is 12.1 Å². The summed E-state index contributed by atoms with van der Waals surface area (Å²) in [4.78, 5) is 26.5. The summed E-state index contributed by atoms with van der Waals surface area (Å²) in [6.45, 7) is 2.53. The molecular formula is C14H21N3O3S. The first-order valence-electron chi connectivity index (χ1n) is 7.26. The molecule has 1 fully saturated rings. The topological polar surface area (TPSA) is 91.3 Å². The second kappa shape index (κ2) is 7.40. The SMILES string of the molecule is CC(CCNC(=O)Nc1nc(C2CC2)cs1)CCC(=O)O. The molecule has 2 rings (SSSR count). The molecule has 21 heavy (non-hydrogen) atoms. The Morgan fingerprint density at radius 3 is 2.90 bits per heavy atom. The summed E-state index contributed by atoms with van der Waals surface area (Å²) in [6.07, 6.45) is 3.98. The number of rotatable bonds is 8. The molecule has 2 amide bonds. The number of carbonyl (C=O) groups excluding carboxylic acids is 1. The third kappa shape index (κ3) is 5.71. The Morgan fingerprint density at radius 1 is 1.48 bits per heavy atom. The number of hydrogen-bond acceptors (Lipinski definition) is 4. The lowest BCUT2D eigenvalue weighted by atomic mass is 10.0. The number of aliphatic carboxylic acids is 1. The highest BCUT2D eigenvalue weighted by Gasteiger charge is 2.26. The minimum Gasteiger partial charge on any atom is -0.481 e. The molecule has 1 unspecified atom stereocenters. The van der Waals surface area contributed by atoms with Crippen molar-refractivity contribution >= 4 is 28.5 Å². The standard InChI is InChI=1S/C14H21N3O3S/c1-9(2-5-12(18)19)6-7-15-13(20)17-14-16-11(8-21-14)10-3-4-10/h8-10H,2-7H2,1H3,(H,18,19)(H2,15,16,17,20). The van der Waals surface area contributed by atoms with Gasteiger partial charge >= 0.3 is 12.0 Å². The molecule has 0 aromatic carbocycles. The number of thiazole rings is 1. The Kier molecular flexibility index (Phi) is 5.55. The van der Waals surface area contributed by atoms with Crippen LogP contribution >= 0.6 is 11.3 Å². The van der Waals surface area contributed by atoms with E-state index in [0.29, 0.717) is 24.0 Å². The maximum Gasteiger partial charge on any atom is 0.321 e. The average Bonchev–Trinajstić information content (AvgIpc) is 3.17. The van der Waals surface area contributed by atoms with E-state index in [1.165, 1.54) is 24.2 Å². The highest BCUT2D eigenvalue weighted by Crippen LogP contribution is 2.40. The maximum absolute atomic E-state index is 11.7. The van der Waals surface area contributed by atoms with Crippen LogP contribution in [0.2, 0.25) is 0 Å². The molecular weight excluding hydrogens is 290 g/mol. The van der Waals surface area contributed by atoms with Gasteiger partial charge in [-0.1, -0.05) is 6.92 Å². The van der Waals surface area contributed by atoms with Crippen molar-refractivity contribution in [1.82, 2.24) is 10.3 Å². The Hall–Kier alpha value is -1.63. The van der Waals surface area contributed by atoms with Crippen molar-refractivity contribution in [3.8, 4) is 0 Å². The van der Waals surface area contributed by atoms with Crippen LogP contribution in [-0.2, 0) is 4.79 Å². The first kappa shape index (κ1) is 15.8. The van der Waals surface area contributed by atoms with E-state index in [2.05, 4.69) is 15.6 Å². The fourth-order valence-electron chi connectivity index (χ4n) is 2.00. The molecule has 0 bridgehead atoms. The zero-order chi connectivity index (χ0) is 15.2. The molecule has 1 heterocycles. The van der Waals surface area contributed by atoms with Crippen LogP contribution in [0.3, 0.4) is 0 Å². The van der Waals surface area contributed by atoms with E-state index in [-0.39, 0.29) is 18.4 Å². The largest absolute Gasteiger partial charge is 0.481 e. The third-order valence-electron chi connectivity index (χ3n) is 3.51. The van der Waals surface area contributed by atoms with E-state index >= 15 is 0 Å². The second-order valence-electron chi connectivity index (χ2n) is 5.56. The van der Waals surface area contributed by atoms with Gasteiger partial charge in [-0.15, -0.1) is 11.3 Å². The molecule has 1 aromatic heterocycles. The Bertz CT molecular complexity index is 499. The van der Waals surface area contributed by atoms with Gasteiger partial charge in [-0.25, -0.2) is 9.78 Å². The summed E-state index contributed by atoms with van der Waals surface area (Å²) in [6, 6.07) is -0.253. The van der Waals surface area contributed by atoms with Gasteiger partial charge in [0, 0.05) is 24.3 Å². The van der Waals surface area contributed by atoms with Crippen LogP contribution in [0, 0.1) is 5.92 Å². The predicted molar refractivity (Wildman–Crippen MR) is 81.8 cm³/mol. The van der Waals surface area contributed by atoms with Gasteiger partial charge in [0.2, 0.25) is 0 Å². The van der Waals surface area contributed by atoms with Gasteiger partial charge in [-0.05, 0) is 31.6 Å². The van der Waals surface area contributed by atoms with Crippen LogP contribution in [0.25, 0.3) is 0 Å². The zero-order valence-corrected chi connectivity index (χ0v) is 12.9. The van der Waals surface area contributed by atoms with Crippen LogP contribution in [-0.4, -0.2) is 28.6 Å². The number of carboxylic acid groups (broad SMARTS) is 1. The third-order valence-corrected chi connectivity index (χ3v) is 4.29. The Morgan fingerprint density at radius 2 is 2.24 bits per heavy atom. The van der Waals surface area contributed by atoms with Crippen molar-refractivity contribution in [2.45, 2.75) is 44.9 Å². The van der Waals surface area contributed by atoms with E-state index in [1.54, 1.807) is 0 Å². The first-order valence-corrected chi connectivity index (χ1v) is 8.14. The van der Waals surface area contributed by atoms with Crippen LogP contribution < -0.4 is 10.6 Å². The molecule has 0 radical (unpaired) electrons. The second-order valence-corrected chi connectivity index (χ2v) is 6.42. The lowest BCUT2D eigenvalue weighted by Gasteiger charge is -2.10. The number of carboxylic acids is 1. The quantitative estimate of drug-likeness (QED) is 0.688. The number of amides is 2. The Labute approximate surface area is 128 Å². The lowest BCUT2D eigenvalue weighted by Crippen LogP contribution is -2.30. The highest BCUT2D eigenvalue weighted by atomic mass is 32.1. The molecule has 1 aliphatic carbocycles. The number of hydrogen-bond donors (Lipinski definition) is 3. The smallest absolute Gasteiger partial charge is 0.321 e. The van der Waals surface area contributed by atoms with Crippen molar-refractivity contribution < 1.29 is 14.7 Å². The highest BCUT2D eigenvalue weighted by molar-refractivity contribution is 7.13. The van der Waals surface area contributed by atoms with E-state index in [9.17, 15) is 9.59 Å². The summed E-state index contributed by atoms with van der Waals surface area (Å²) in [5.41, 5.74) is 1.08. The normalized spacial score (nSPS) is 15.5. The molecule has 1 aliphatic rings. The van der Waals surface area contributed by atoms with Crippen molar-refractivity contribution in [3.05, 3.63) is 11.1 Å². The van der Waals surface area contributed by atoms with E-state index in [1.807, 2.05) is 12.3 Å². The van der Waals surface area contributed by atoms with Gasteiger partial charge in [-0.3, -0.25) is 10.1 Å². The van der Waals surface area contributed by atoms with Crippen LogP contribution in [0.15, 0.2) is 5.38 Å². The maximum atomic E-state index is 11.7. The number of nitrogens with zero attached hydrogens (tertiary/aromatic N) is 1. The molecule has 0 spiro atoms. The molecule has 1 aromatic rings. The number of nitrogens with one attached hydrogen (secondary N) is 2. The molecule has 0 saturated heterocycles. The molecule has 7 heteroatoms. The Balaban J connectivity index is 1.61. The predicted octanol–water partition coefficient (Wildman–Crippen LogP) is 3.03. The van der Waals surface area contributed by atoms with Crippen molar-refractivity contribution in [2.75, 3.05) is 11.9 Å². The first-order chi connectivity index (χ1) is 10.0. The average molecular weight is 311 g/mol. The molecule has 6 nitrogen and oxygen atoms in total. The number of anilines is 1. The van der Waals surface area contributed by atoms with Crippen LogP contribution in [0.4, 0.5) is 9.93 Å². The molecule has 1 saturated carbocycles. The number of carbonyl (C=O) groups is 2. The zero-order valence-electron chi connectivity index (χ0n) is 12.1. The minimum atomic E-state index is -0.775. The summed E-state index contributed by atoms with van der Waals surface area (Å²) < 4.78 is 0. The van der Waals surface area contributed by atoms with E-state index in [4.69, 9.17) is 5.11 Å². The minimum absolute atomic E-state index is 0.177. The van der Waals surface area contributed by atoms with Crippen LogP contribution in [0.1, 0.15) is 50.6 Å². The summed E-state index contributed by atoms with van der Waals surface area (Å²) in [7, 11) is 0. The fraction of sp³-hybridized carbons (Fsp3) is 0.643. The summed E-state index contributed by atoms with van der Waals surface area (Å²) in [5, 5.41) is 16.7. The molecule has 0 aliphatic heterocycles. The van der Waals surface area contributed by atoms with Gasteiger partial charge in [0.05, 0.1) is 5.69 Å². The van der Waals surface area contributed by atoms with Crippen LogP contribution in [0.5, 0.6) is 0 Å². The van der Waals surface area contributed by atoms with Gasteiger partial charge < -0.3 is 10.4 Å². The van der Waals surface area contributed by atoms with Crippen molar-refractivity contribution in [2.24, 2.45) is 5.92 Å². The van der Waals surface area contributed by atoms with Gasteiger partial charge in [0.1, 0.15) is 0 Å². The van der Waals surface area contributed by atoms with Gasteiger partial charge in [-0.2, -0.15) is 0 Å². The fourth-order valence-corrected chi connectivity index (χ4v) is 2.79. The van der Waals surface area contributed by atoms with Gasteiger partial charge in [0.25, 0.3) is 0 Å². The monoisotopic (exact) mass is 311 g/mol. The van der Waals surface area contributed by atoms with E-state index < -0.39 is 5.97 Å². The molecule has 116 valence electrons. The summed E-state index contributed by atoms with van der Waals surface area (Å²) >= 11 is 1.45. The lowest BCUT2D eigenvalue weighted by molar-refractivity contribution is -0.137. The molecule has 1 atom stereocenters.